The molecule has 1 aromatic rings. The molecule has 100 valence electrons. The summed E-state index contributed by atoms with van der Waals surface area (Å²) in [5, 5.41) is 2.98. The molecule has 0 aromatic heterocycles. The van der Waals surface area contributed by atoms with Crippen molar-refractivity contribution in [3.8, 4) is 0 Å². The maximum Gasteiger partial charge on any atom is 0.227 e. The molecule has 1 atom stereocenters. The van der Waals surface area contributed by atoms with Crippen LogP contribution >= 0.6 is 0 Å². The molecule has 0 bridgehead atoms. The number of anilines is 1. The Balaban J connectivity index is 2.53. The number of carbonyl (C=O) groups is 1. The fraction of sp³-hybridized carbons (Fsp3) is 0.562. The van der Waals surface area contributed by atoms with Gasteiger partial charge in [0, 0.05) is 11.6 Å². The second-order valence-electron chi connectivity index (χ2n) is 5.31. The number of rotatable bonds is 6. The van der Waals surface area contributed by atoms with E-state index in [9.17, 15) is 4.79 Å². The molecule has 1 aromatic carbocycles. The molecular weight excluding hydrogens is 222 g/mol. The SMILES string of the molecule is CCCCC(C)C(=O)Nc1ccc(C(C)C)cc1. The van der Waals surface area contributed by atoms with Gasteiger partial charge in [-0.3, -0.25) is 4.79 Å². The van der Waals surface area contributed by atoms with Crippen LogP contribution in [0.1, 0.15) is 58.4 Å². The molecule has 1 rings (SSSR count). The third-order valence-corrected chi connectivity index (χ3v) is 3.28. The highest BCUT2D eigenvalue weighted by Crippen LogP contribution is 2.18. The first-order valence-corrected chi connectivity index (χ1v) is 6.95. The number of carbonyl (C=O) groups excluding carboxylic acids is 1. The second-order valence-corrected chi connectivity index (χ2v) is 5.31. The first-order valence-electron chi connectivity index (χ1n) is 6.95. The molecule has 1 N–H and O–H groups in total. The van der Waals surface area contributed by atoms with Crippen LogP contribution in [0.3, 0.4) is 0 Å². The third-order valence-electron chi connectivity index (χ3n) is 3.28. The quantitative estimate of drug-likeness (QED) is 0.783. The summed E-state index contributed by atoms with van der Waals surface area (Å²) in [6.07, 6.45) is 3.22. The molecule has 1 unspecified atom stereocenters. The first-order chi connectivity index (χ1) is 8.54. The molecule has 0 heterocycles. The zero-order valence-electron chi connectivity index (χ0n) is 12.0. The largest absolute Gasteiger partial charge is 0.326 e. The maximum absolute atomic E-state index is 11.9. The van der Waals surface area contributed by atoms with Gasteiger partial charge in [0.05, 0.1) is 0 Å². The van der Waals surface area contributed by atoms with Gasteiger partial charge >= 0.3 is 0 Å². The Morgan fingerprint density at radius 2 is 1.78 bits per heavy atom. The molecule has 0 radical (unpaired) electrons. The highest BCUT2D eigenvalue weighted by atomic mass is 16.1. The maximum atomic E-state index is 11.9. The van der Waals surface area contributed by atoms with Crippen molar-refractivity contribution in [2.45, 2.75) is 52.9 Å². The van der Waals surface area contributed by atoms with Crippen molar-refractivity contribution in [1.82, 2.24) is 0 Å². The molecule has 0 fully saturated rings. The number of benzene rings is 1. The van der Waals surface area contributed by atoms with Gasteiger partial charge in [-0.25, -0.2) is 0 Å². The molecule has 2 heteroatoms. The van der Waals surface area contributed by atoms with Gasteiger partial charge in [-0.1, -0.05) is 52.7 Å². The lowest BCUT2D eigenvalue weighted by Gasteiger charge is -2.12. The lowest BCUT2D eigenvalue weighted by Crippen LogP contribution is -2.20. The average Bonchev–Trinajstić information content (AvgIpc) is 2.36. The third kappa shape index (κ3) is 4.52. The zero-order chi connectivity index (χ0) is 13.5. The summed E-state index contributed by atoms with van der Waals surface area (Å²) < 4.78 is 0. The Kier molecular flexibility index (Phi) is 5.90. The van der Waals surface area contributed by atoms with Gasteiger partial charge in [0.25, 0.3) is 0 Å². The van der Waals surface area contributed by atoms with E-state index >= 15 is 0 Å². The van der Waals surface area contributed by atoms with E-state index < -0.39 is 0 Å². The minimum Gasteiger partial charge on any atom is -0.326 e. The van der Waals surface area contributed by atoms with Crippen molar-refractivity contribution in [3.05, 3.63) is 29.8 Å². The number of hydrogen-bond donors (Lipinski definition) is 1. The van der Waals surface area contributed by atoms with Crippen LogP contribution in [0.5, 0.6) is 0 Å². The Labute approximate surface area is 111 Å². The zero-order valence-corrected chi connectivity index (χ0v) is 12.0. The van der Waals surface area contributed by atoms with Gasteiger partial charge in [-0.15, -0.1) is 0 Å². The summed E-state index contributed by atoms with van der Waals surface area (Å²) in [5.74, 6) is 0.744. The van der Waals surface area contributed by atoms with Gasteiger partial charge in [0.2, 0.25) is 5.91 Å². The summed E-state index contributed by atoms with van der Waals surface area (Å²) in [5.41, 5.74) is 2.19. The monoisotopic (exact) mass is 247 g/mol. The normalized spacial score (nSPS) is 12.5. The second kappa shape index (κ2) is 7.20. The van der Waals surface area contributed by atoms with Crippen LogP contribution in [0.25, 0.3) is 0 Å². The first kappa shape index (κ1) is 14.7. The van der Waals surface area contributed by atoms with Gasteiger partial charge in [0.15, 0.2) is 0 Å². The summed E-state index contributed by atoms with van der Waals surface area (Å²) in [6.45, 7) is 8.48. The van der Waals surface area contributed by atoms with Crippen LogP contribution < -0.4 is 5.32 Å². The van der Waals surface area contributed by atoms with Crippen molar-refractivity contribution >= 4 is 11.6 Å². The molecule has 0 aliphatic rings. The van der Waals surface area contributed by atoms with Crippen molar-refractivity contribution in [2.75, 3.05) is 5.32 Å². The molecule has 0 saturated heterocycles. The standard InChI is InChI=1S/C16H25NO/c1-5-6-7-13(4)16(18)17-15-10-8-14(9-11-15)12(2)3/h8-13H,5-7H2,1-4H3,(H,17,18). The molecule has 0 aliphatic heterocycles. The van der Waals surface area contributed by atoms with Crippen molar-refractivity contribution in [1.29, 1.82) is 0 Å². The van der Waals surface area contributed by atoms with Gasteiger partial charge in [-0.2, -0.15) is 0 Å². The highest BCUT2D eigenvalue weighted by Gasteiger charge is 2.12. The van der Waals surface area contributed by atoms with Crippen LogP contribution in [0, 0.1) is 5.92 Å². The van der Waals surface area contributed by atoms with E-state index in [2.05, 4.69) is 38.2 Å². The van der Waals surface area contributed by atoms with E-state index in [1.54, 1.807) is 0 Å². The van der Waals surface area contributed by atoms with E-state index in [0.717, 1.165) is 24.9 Å². The Morgan fingerprint density at radius 1 is 1.17 bits per heavy atom. The summed E-state index contributed by atoms with van der Waals surface area (Å²) in [7, 11) is 0. The van der Waals surface area contributed by atoms with Crippen molar-refractivity contribution < 1.29 is 4.79 Å². The summed E-state index contributed by atoms with van der Waals surface area (Å²) in [4.78, 5) is 11.9. The lowest BCUT2D eigenvalue weighted by atomic mass is 10.0. The Bertz CT molecular complexity index is 367. The van der Waals surface area contributed by atoms with Crippen LogP contribution in [0.4, 0.5) is 5.69 Å². The Hall–Kier alpha value is -1.31. The van der Waals surface area contributed by atoms with Gasteiger partial charge in [0.1, 0.15) is 0 Å². The van der Waals surface area contributed by atoms with Crippen LogP contribution in [-0.4, -0.2) is 5.91 Å². The Morgan fingerprint density at radius 3 is 2.28 bits per heavy atom. The van der Waals surface area contributed by atoms with E-state index in [1.165, 1.54) is 5.56 Å². The lowest BCUT2D eigenvalue weighted by molar-refractivity contribution is -0.119. The molecule has 0 spiro atoms. The van der Waals surface area contributed by atoms with Crippen LogP contribution in [0.2, 0.25) is 0 Å². The number of hydrogen-bond acceptors (Lipinski definition) is 1. The minimum atomic E-state index is 0.0923. The van der Waals surface area contributed by atoms with Gasteiger partial charge < -0.3 is 5.32 Å². The van der Waals surface area contributed by atoms with Crippen LogP contribution in [0.15, 0.2) is 24.3 Å². The molecular formula is C16H25NO. The summed E-state index contributed by atoms with van der Waals surface area (Å²) >= 11 is 0. The summed E-state index contributed by atoms with van der Waals surface area (Å²) in [6, 6.07) is 8.13. The molecule has 18 heavy (non-hydrogen) atoms. The number of unbranched alkanes of at least 4 members (excludes halogenated alkanes) is 1. The molecule has 2 nitrogen and oxygen atoms in total. The van der Waals surface area contributed by atoms with E-state index in [4.69, 9.17) is 0 Å². The van der Waals surface area contributed by atoms with Gasteiger partial charge in [-0.05, 0) is 30.0 Å². The smallest absolute Gasteiger partial charge is 0.227 e. The van der Waals surface area contributed by atoms with E-state index in [0.29, 0.717) is 5.92 Å². The topological polar surface area (TPSA) is 29.1 Å². The van der Waals surface area contributed by atoms with E-state index in [-0.39, 0.29) is 11.8 Å². The van der Waals surface area contributed by atoms with E-state index in [1.807, 2.05) is 19.1 Å². The van der Waals surface area contributed by atoms with Crippen molar-refractivity contribution in [3.63, 3.8) is 0 Å². The fourth-order valence-electron chi connectivity index (χ4n) is 1.86. The molecule has 0 aliphatic carbocycles. The van der Waals surface area contributed by atoms with Crippen molar-refractivity contribution in [2.24, 2.45) is 5.92 Å². The number of nitrogens with one attached hydrogen (secondary N) is 1. The highest BCUT2D eigenvalue weighted by molar-refractivity contribution is 5.92. The molecule has 1 amide bonds. The predicted molar refractivity (Wildman–Crippen MR) is 77.8 cm³/mol. The minimum absolute atomic E-state index is 0.0923. The predicted octanol–water partition coefficient (Wildman–Crippen LogP) is 4.57. The molecule has 0 saturated carbocycles. The fourth-order valence-corrected chi connectivity index (χ4v) is 1.86. The number of amides is 1. The average molecular weight is 247 g/mol. The van der Waals surface area contributed by atoms with Crippen LogP contribution in [-0.2, 0) is 4.79 Å².